The summed E-state index contributed by atoms with van der Waals surface area (Å²) < 4.78 is 0. The van der Waals surface area contributed by atoms with E-state index in [4.69, 9.17) is 16.3 Å². The fraction of sp³-hybridized carbons (Fsp3) is 0. The predicted molar refractivity (Wildman–Crippen MR) is 81.9 cm³/mol. The van der Waals surface area contributed by atoms with Crippen LogP contribution in [0.2, 0.25) is 0 Å². The number of nitrogens with zero attached hydrogens (tertiary/aromatic N) is 3. The Hall–Kier alpha value is -3.37. The van der Waals surface area contributed by atoms with Crippen LogP contribution >= 0.6 is 0 Å². The number of hydrogen-bond acceptors (Lipinski definition) is 4. The van der Waals surface area contributed by atoms with Gasteiger partial charge in [0, 0.05) is 6.21 Å². The fourth-order valence-electron chi connectivity index (χ4n) is 1.74. The minimum Gasteiger partial charge on any atom is -0.388 e. The molecule has 0 radical (unpaired) electrons. The maximum absolute atomic E-state index is 8.85. The summed E-state index contributed by atoms with van der Waals surface area (Å²) >= 11 is 0. The topological polar surface area (TPSA) is 86.0 Å². The van der Waals surface area contributed by atoms with Gasteiger partial charge in [-0.2, -0.15) is 10.5 Å². The third-order valence-electron chi connectivity index (χ3n) is 2.84. The molecule has 0 heterocycles. The zero-order chi connectivity index (χ0) is 15.1. The standard InChI is InChI=1S/C17H12N4/c18-10-16(20)17(11-19)21-12-13-6-8-15(9-7-13)14-4-2-1-3-5-14/h1-9,12H,20H2/b17-16-,21-12?. The molecule has 0 aliphatic rings. The van der Waals surface area contributed by atoms with Gasteiger partial charge in [-0.25, -0.2) is 4.99 Å². The second kappa shape index (κ2) is 6.70. The van der Waals surface area contributed by atoms with Crippen molar-refractivity contribution in [3.63, 3.8) is 0 Å². The summed E-state index contributed by atoms with van der Waals surface area (Å²) in [7, 11) is 0. The summed E-state index contributed by atoms with van der Waals surface area (Å²) in [6, 6.07) is 21.2. The van der Waals surface area contributed by atoms with Gasteiger partial charge in [0.05, 0.1) is 0 Å². The van der Waals surface area contributed by atoms with Crippen LogP contribution < -0.4 is 5.73 Å². The monoisotopic (exact) mass is 272 g/mol. The van der Waals surface area contributed by atoms with Crippen molar-refractivity contribution in [3.05, 3.63) is 71.6 Å². The molecule has 100 valence electrons. The normalized spacial score (nSPS) is 11.5. The van der Waals surface area contributed by atoms with Crippen molar-refractivity contribution in [3.8, 4) is 23.3 Å². The van der Waals surface area contributed by atoms with Gasteiger partial charge in [0.15, 0.2) is 5.70 Å². The number of benzene rings is 2. The summed E-state index contributed by atoms with van der Waals surface area (Å²) in [6.45, 7) is 0. The van der Waals surface area contributed by atoms with Crippen LogP contribution in [-0.2, 0) is 0 Å². The van der Waals surface area contributed by atoms with Crippen LogP contribution in [0.1, 0.15) is 5.56 Å². The van der Waals surface area contributed by atoms with E-state index >= 15 is 0 Å². The average molecular weight is 272 g/mol. The first-order chi connectivity index (χ1) is 10.2. The van der Waals surface area contributed by atoms with Crippen LogP contribution in [0, 0.1) is 22.7 Å². The van der Waals surface area contributed by atoms with Gasteiger partial charge in [-0.1, -0.05) is 54.6 Å². The Morgan fingerprint density at radius 1 is 0.905 bits per heavy atom. The van der Waals surface area contributed by atoms with Gasteiger partial charge in [0.25, 0.3) is 0 Å². The molecule has 0 saturated heterocycles. The zero-order valence-corrected chi connectivity index (χ0v) is 11.2. The first-order valence-corrected chi connectivity index (χ1v) is 6.24. The lowest BCUT2D eigenvalue weighted by Crippen LogP contribution is -1.97. The molecule has 2 aromatic carbocycles. The number of nitrogens with two attached hydrogens (primary N) is 1. The minimum atomic E-state index is -0.186. The van der Waals surface area contributed by atoms with Crippen molar-refractivity contribution < 1.29 is 0 Å². The Morgan fingerprint density at radius 2 is 1.52 bits per heavy atom. The largest absolute Gasteiger partial charge is 0.388 e. The van der Waals surface area contributed by atoms with Crippen molar-refractivity contribution in [1.82, 2.24) is 0 Å². The second-order valence-electron chi connectivity index (χ2n) is 4.23. The summed E-state index contributed by atoms with van der Waals surface area (Å²) in [5.41, 5.74) is 8.17. The smallest absolute Gasteiger partial charge is 0.174 e. The summed E-state index contributed by atoms with van der Waals surface area (Å²) in [5, 5.41) is 17.5. The van der Waals surface area contributed by atoms with E-state index < -0.39 is 0 Å². The van der Waals surface area contributed by atoms with E-state index in [9.17, 15) is 0 Å². The van der Waals surface area contributed by atoms with Gasteiger partial charge in [0.1, 0.15) is 17.8 Å². The molecule has 0 saturated carbocycles. The van der Waals surface area contributed by atoms with E-state index in [0.29, 0.717) is 0 Å². The Labute approximate surface area is 123 Å². The maximum Gasteiger partial charge on any atom is 0.174 e. The van der Waals surface area contributed by atoms with E-state index in [1.165, 1.54) is 6.21 Å². The van der Waals surface area contributed by atoms with Gasteiger partial charge in [-0.3, -0.25) is 0 Å². The number of hydrogen-bond donors (Lipinski definition) is 1. The van der Waals surface area contributed by atoms with E-state index in [0.717, 1.165) is 16.7 Å². The molecule has 0 fully saturated rings. The molecule has 0 spiro atoms. The van der Waals surface area contributed by atoms with E-state index in [2.05, 4.69) is 4.99 Å². The van der Waals surface area contributed by atoms with Crippen LogP contribution in [0.25, 0.3) is 11.1 Å². The molecule has 0 atom stereocenters. The molecule has 0 aliphatic carbocycles. The van der Waals surface area contributed by atoms with Crippen LogP contribution in [-0.4, -0.2) is 6.21 Å². The third-order valence-corrected chi connectivity index (χ3v) is 2.84. The van der Waals surface area contributed by atoms with Crippen molar-refractivity contribution in [2.45, 2.75) is 0 Å². The van der Waals surface area contributed by atoms with Gasteiger partial charge >= 0.3 is 0 Å². The fourth-order valence-corrected chi connectivity index (χ4v) is 1.74. The summed E-state index contributed by atoms with van der Waals surface area (Å²) in [6.07, 6.45) is 1.51. The number of allylic oxidation sites excluding steroid dienone is 2. The van der Waals surface area contributed by atoms with Crippen molar-refractivity contribution in [2.24, 2.45) is 10.7 Å². The second-order valence-corrected chi connectivity index (χ2v) is 4.23. The molecule has 0 aromatic heterocycles. The highest BCUT2D eigenvalue weighted by molar-refractivity contribution is 5.82. The quantitative estimate of drug-likeness (QED) is 0.688. The zero-order valence-electron chi connectivity index (χ0n) is 11.2. The lowest BCUT2D eigenvalue weighted by Gasteiger charge is -2.01. The molecular weight excluding hydrogens is 260 g/mol. The Kier molecular flexibility index (Phi) is 4.48. The van der Waals surface area contributed by atoms with Crippen molar-refractivity contribution in [1.29, 1.82) is 10.5 Å². The summed E-state index contributed by atoms with van der Waals surface area (Å²) in [5.74, 6) is 0. The van der Waals surface area contributed by atoms with E-state index in [1.807, 2.05) is 54.6 Å². The number of rotatable bonds is 3. The molecule has 0 unspecified atom stereocenters. The van der Waals surface area contributed by atoms with Gasteiger partial charge in [0.2, 0.25) is 0 Å². The highest BCUT2D eigenvalue weighted by atomic mass is 14.8. The van der Waals surface area contributed by atoms with Crippen LogP contribution in [0.5, 0.6) is 0 Å². The highest BCUT2D eigenvalue weighted by Crippen LogP contribution is 2.18. The molecule has 0 aliphatic heterocycles. The Balaban J connectivity index is 2.22. The average Bonchev–Trinajstić information content (AvgIpc) is 2.56. The van der Waals surface area contributed by atoms with Crippen molar-refractivity contribution >= 4 is 6.21 Å². The maximum atomic E-state index is 8.85. The van der Waals surface area contributed by atoms with E-state index in [-0.39, 0.29) is 11.4 Å². The van der Waals surface area contributed by atoms with Crippen LogP contribution in [0.15, 0.2) is 71.0 Å². The van der Waals surface area contributed by atoms with Gasteiger partial charge in [-0.15, -0.1) is 0 Å². The van der Waals surface area contributed by atoms with Crippen molar-refractivity contribution in [2.75, 3.05) is 0 Å². The Bertz CT molecular complexity index is 757. The van der Waals surface area contributed by atoms with Gasteiger partial charge < -0.3 is 5.73 Å². The molecule has 4 nitrogen and oxygen atoms in total. The highest BCUT2D eigenvalue weighted by Gasteiger charge is 1.99. The predicted octanol–water partition coefficient (Wildman–Crippen LogP) is 2.99. The molecule has 2 rings (SSSR count). The van der Waals surface area contributed by atoms with Crippen LogP contribution in [0.3, 0.4) is 0 Å². The molecular formula is C17H12N4. The lowest BCUT2D eigenvalue weighted by atomic mass is 10.0. The molecule has 2 N–H and O–H groups in total. The van der Waals surface area contributed by atoms with Crippen LogP contribution in [0.4, 0.5) is 0 Å². The van der Waals surface area contributed by atoms with E-state index in [1.54, 1.807) is 12.1 Å². The number of aliphatic imine (C=N–C) groups is 1. The number of nitriles is 2. The molecule has 4 heteroatoms. The van der Waals surface area contributed by atoms with Gasteiger partial charge in [-0.05, 0) is 16.7 Å². The molecule has 2 aromatic rings. The first kappa shape index (κ1) is 14.0. The first-order valence-electron chi connectivity index (χ1n) is 6.24. The third kappa shape index (κ3) is 3.56. The molecule has 0 amide bonds. The Morgan fingerprint density at radius 3 is 2.10 bits per heavy atom. The SMILES string of the molecule is N#C/C(N)=C(\C#N)N=Cc1ccc(-c2ccccc2)cc1. The lowest BCUT2D eigenvalue weighted by molar-refractivity contribution is 1.27. The minimum absolute atomic E-state index is 0.0790. The molecule has 21 heavy (non-hydrogen) atoms. The summed E-state index contributed by atoms with van der Waals surface area (Å²) in [4.78, 5) is 3.93. The molecule has 0 bridgehead atoms.